The van der Waals surface area contributed by atoms with Gasteiger partial charge in [0.1, 0.15) is 11.6 Å². The smallest absolute Gasteiger partial charge is 0.416 e. The maximum atomic E-state index is 13.1. The Kier molecular flexibility index (Phi) is 11.4. The van der Waals surface area contributed by atoms with Gasteiger partial charge in [-0.15, -0.1) is 0 Å². The van der Waals surface area contributed by atoms with Crippen molar-refractivity contribution < 1.29 is 37.1 Å². The van der Waals surface area contributed by atoms with E-state index in [0.717, 1.165) is 23.5 Å². The van der Waals surface area contributed by atoms with Gasteiger partial charge in [0, 0.05) is 33.3 Å². The molecule has 2 aromatic carbocycles. The number of halogens is 3. The summed E-state index contributed by atoms with van der Waals surface area (Å²) in [6.45, 7) is 5.26. The second-order valence-corrected chi connectivity index (χ2v) is 13.5. The highest BCUT2D eigenvalue weighted by Crippen LogP contribution is 2.35. The summed E-state index contributed by atoms with van der Waals surface area (Å²) in [4.78, 5) is 60.4. The van der Waals surface area contributed by atoms with Gasteiger partial charge < -0.3 is 35.5 Å². The Labute approximate surface area is 284 Å². The van der Waals surface area contributed by atoms with Crippen molar-refractivity contribution in [2.75, 3.05) is 32.5 Å². The number of rotatable bonds is 12. The number of benzene rings is 2. The number of hydrogen-bond acceptors (Lipinski definition) is 9. The number of unbranched alkanes of at least 4 members (excludes halogenated alkanes) is 1. The van der Waals surface area contributed by atoms with Crippen molar-refractivity contribution in [1.29, 1.82) is 0 Å². The van der Waals surface area contributed by atoms with Crippen LogP contribution < -0.4 is 21.3 Å². The third-order valence-electron chi connectivity index (χ3n) is 7.15. The molecule has 49 heavy (non-hydrogen) atoms. The average Bonchev–Trinajstić information content (AvgIpc) is 3.56. The number of nitrogens with zero attached hydrogens (tertiary/aromatic N) is 4. The summed E-state index contributed by atoms with van der Waals surface area (Å²) in [5.74, 6) is -1.03. The minimum Gasteiger partial charge on any atom is -0.444 e. The zero-order valence-electron chi connectivity index (χ0n) is 27.9. The summed E-state index contributed by atoms with van der Waals surface area (Å²) in [6, 6.07) is 7.32. The minimum atomic E-state index is -4.46. The number of aromatic nitrogens is 3. The van der Waals surface area contributed by atoms with Crippen LogP contribution in [0.25, 0.3) is 21.3 Å². The number of thiazole rings is 1. The fourth-order valence-electron chi connectivity index (χ4n) is 4.76. The molecule has 1 unspecified atom stereocenters. The Balaban J connectivity index is 1.33. The summed E-state index contributed by atoms with van der Waals surface area (Å²) in [5.41, 5.74) is 0.404. The van der Waals surface area contributed by atoms with Crippen LogP contribution in [0.4, 0.5) is 29.0 Å². The van der Waals surface area contributed by atoms with Gasteiger partial charge >= 0.3 is 12.3 Å². The summed E-state index contributed by atoms with van der Waals surface area (Å²) in [7, 11) is 4.89. The van der Waals surface area contributed by atoms with Gasteiger partial charge in [0.2, 0.25) is 17.8 Å². The number of nitrogens with one attached hydrogen (secondary N) is 4. The van der Waals surface area contributed by atoms with Gasteiger partial charge in [-0.2, -0.15) is 13.2 Å². The molecule has 0 aliphatic heterocycles. The fraction of sp³-hybridized carbons (Fsp3) is 0.438. The summed E-state index contributed by atoms with van der Waals surface area (Å²) < 4.78 is 46.6. The van der Waals surface area contributed by atoms with Crippen LogP contribution in [0.3, 0.4) is 0 Å². The largest absolute Gasteiger partial charge is 0.444 e. The molecule has 1 atom stereocenters. The fourth-order valence-corrected chi connectivity index (χ4v) is 5.66. The predicted molar refractivity (Wildman–Crippen MR) is 180 cm³/mol. The number of imidazole rings is 1. The number of likely N-dealkylation sites (N-methyl/N-ethyl adjacent to an activating group) is 1. The number of amides is 4. The van der Waals surface area contributed by atoms with E-state index in [9.17, 15) is 32.3 Å². The highest BCUT2D eigenvalue weighted by molar-refractivity contribution is 7.22. The molecule has 0 aliphatic carbocycles. The highest BCUT2D eigenvalue weighted by atomic mass is 32.1. The van der Waals surface area contributed by atoms with E-state index in [-0.39, 0.29) is 18.0 Å². The van der Waals surface area contributed by atoms with Crippen molar-refractivity contribution in [1.82, 2.24) is 35.4 Å². The van der Waals surface area contributed by atoms with Gasteiger partial charge in [0.05, 0.1) is 33.4 Å². The van der Waals surface area contributed by atoms with Gasteiger partial charge in [-0.3, -0.25) is 14.4 Å². The van der Waals surface area contributed by atoms with Crippen LogP contribution in [0, 0.1) is 0 Å². The van der Waals surface area contributed by atoms with Crippen molar-refractivity contribution in [3.05, 3.63) is 47.5 Å². The van der Waals surface area contributed by atoms with Gasteiger partial charge in [-0.05, 0) is 76.4 Å². The van der Waals surface area contributed by atoms with Crippen LogP contribution in [-0.2, 0) is 27.5 Å². The van der Waals surface area contributed by atoms with Crippen LogP contribution in [0.2, 0.25) is 0 Å². The third kappa shape index (κ3) is 10.0. The first-order valence-electron chi connectivity index (χ1n) is 15.4. The lowest BCUT2D eigenvalue weighted by molar-refractivity contribution is -0.137. The average molecular weight is 705 g/mol. The molecule has 2 aromatic heterocycles. The molecule has 17 heteroatoms. The van der Waals surface area contributed by atoms with Crippen molar-refractivity contribution in [3.63, 3.8) is 0 Å². The molecule has 0 bridgehead atoms. The number of alkyl halides is 3. The van der Waals surface area contributed by atoms with E-state index in [1.165, 1.54) is 11.0 Å². The SMILES string of the molecule is CN(C)C(=O)C(CCCCNC(=O)OC(C)(C)C)NC(=O)CNC(=O)c1ccc2c(c1)nc(Nc1nc3ccc(C(F)(F)F)cc3s1)n2C. The second kappa shape index (κ2) is 15.1. The molecule has 4 rings (SSSR count). The molecule has 0 fully saturated rings. The van der Waals surface area contributed by atoms with Crippen LogP contribution in [0.1, 0.15) is 56.0 Å². The zero-order valence-corrected chi connectivity index (χ0v) is 28.8. The number of ether oxygens (including phenoxy) is 1. The first kappa shape index (κ1) is 36.9. The van der Waals surface area contributed by atoms with Gasteiger partial charge in [-0.1, -0.05) is 11.3 Å². The van der Waals surface area contributed by atoms with Crippen molar-refractivity contribution in [2.24, 2.45) is 7.05 Å². The van der Waals surface area contributed by atoms with Crippen LogP contribution in [0.15, 0.2) is 36.4 Å². The van der Waals surface area contributed by atoms with E-state index in [0.29, 0.717) is 58.1 Å². The Hall–Kier alpha value is -4.93. The number of carbonyl (C=O) groups excluding carboxylic acids is 4. The van der Waals surface area contributed by atoms with Gasteiger partial charge in [0.15, 0.2) is 5.13 Å². The lowest BCUT2D eigenvalue weighted by Gasteiger charge is -2.22. The molecule has 0 saturated carbocycles. The highest BCUT2D eigenvalue weighted by Gasteiger charge is 2.31. The standard InChI is InChI=1S/C32H39F3N8O5S/c1-31(2,3)48-30(47)36-14-8-7-9-21(27(46)42(4)5)38-25(44)17-37-26(45)18-10-13-23-22(15-18)39-28(43(23)6)41-29-40-20-12-11-19(32(33,34)35)16-24(20)49-29/h10-13,15-16,21H,7-9,14,17H2,1-6H3,(H,36,47)(H,37,45)(H,38,44)(H,39,40,41). The second-order valence-electron chi connectivity index (χ2n) is 12.5. The minimum absolute atomic E-state index is 0.239. The van der Waals surface area contributed by atoms with E-state index >= 15 is 0 Å². The molecule has 4 aromatic rings. The van der Waals surface area contributed by atoms with E-state index in [2.05, 4.69) is 31.2 Å². The Morgan fingerprint density at radius 3 is 2.39 bits per heavy atom. The molecule has 0 saturated heterocycles. The molecule has 4 amide bonds. The van der Waals surface area contributed by atoms with Crippen LogP contribution in [-0.4, -0.2) is 82.1 Å². The Bertz CT molecular complexity index is 1850. The monoisotopic (exact) mass is 704 g/mol. The summed E-state index contributed by atoms with van der Waals surface area (Å²) in [6.07, 6.45) is -3.58. The number of fused-ring (bicyclic) bond motifs is 2. The molecular weight excluding hydrogens is 665 g/mol. The van der Waals surface area contributed by atoms with Crippen LogP contribution in [0.5, 0.6) is 0 Å². The lowest BCUT2D eigenvalue weighted by atomic mass is 10.1. The lowest BCUT2D eigenvalue weighted by Crippen LogP contribution is -2.49. The van der Waals surface area contributed by atoms with E-state index in [1.807, 2.05) is 0 Å². The summed E-state index contributed by atoms with van der Waals surface area (Å²) in [5, 5.41) is 11.3. The third-order valence-corrected chi connectivity index (χ3v) is 8.08. The number of carbonyl (C=O) groups is 4. The number of alkyl carbamates (subject to hydrolysis) is 1. The topological polar surface area (TPSA) is 160 Å². The van der Waals surface area contributed by atoms with Gasteiger partial charge in [-0.25, -0.2) is 14.8 Å². The molecule has 13 nitrogen and oxygen atoms in total. The molecule has 264 valence electrons. The number of aryl methyl sites for hydroxylation is 1. The molecule has 4 N–H and O–H groups in total. The predicted octanol–water partition coefficient (Wildman–Crippen LogP) is 4.94. The van der Waals surface area contributed by atoms with E-state index in [1.54, 1.807) is 64.7 Å². The number of hydrogen-bond donors (Lipinski definition) is 4. The first-order chi connectivity index (χ1) is 22.9. The molecule has 0 spiro atoms. The maximum absolute atomic E-state index is 13.1. The quantitative estimate of drug-likeness (QED) is 0.151. The van der Waals surface area contributed by atoms with E-state index < -0.39 is 41.3 Å². The summed E-state index contributed by atoms with van der Waals surface area (Å²) >= 11 is 1.05. The Morgan fingerprint density at radius 1 is 0.980 bits per heavy atom. The maximum Gasteiger partial charge on any atom is 0.416 e. The first-order valence-corrected chi connectivity index (χ1v) is 16.2. The normalized spacial score (nSPS) is 12.4. The van der Waals surface area contributed by atoms with E-state index in [4.69, 9.17) is 4.74 Å². The Morgan fingerprint density at radius 2 is 1.71 bits per heavy atom. The molecular formula is C32H39F3N8O5S. The molecule has 2 heterocycles. The molecule has 0 radical (unpaired) electrons. The van der Waals surface area contributed by atoms with Crippen molar-refractivity contribution in [2.45, 2.75) is 57.9 Å². The van der Waals surface area contributed by atoms with Crippen LogP contribution >= 0.6 is 11.3 Å². The van der Waals surface area contributed by atoms with Crippen molar-refractivity contribution >= 4 is 67.5 Å². The van der Waals surface area contributed by atoms with Gasteiger partial charge in [0.25, 0.3) is 5.91 Å². The number of anilines is 2. The zero-order chi connectivity index (χ0) is 36.1. The molecule has 0 aliphatic rings. The van der Waals surface area contributed by atoms with Crippen molar-refractivity contribution in [3.8, 4) is 0 Å².